The van der Waals surface area contributed by atoms with Gasteiger partial charge in [-0.3, -0.25) is 4.90 Å². The Balaban J connectivity index is 1.22. The largest absolute Gasteiger partial charge is 0.347 e. The highest BCUT2D eigenvalue weighted by molar-refractivity contribution is 5.95. The van der Waals surface area contributed by atoms with Crippen LogP contribution in [0.2, 0.25) is 0 Å². The molecule has 2 unspecified atom stereocenters. The molecule has 2 heteroatoms. The molecule has 0 spiro atoms. The van der Waals surface area contributed by atoms with Crippen molar-refractivity contribution >= 4 is 32.9 Å². The number of benzene rings is 4. The van der Waals surface area contributed by atoms with Crippen LogP contribution in [0.4, 0.5) is 11.4 Å². The Morgan fingerprint density at radius 1 is 0.750 bits per heavy atom. The summed E-state index contributed by atoms with van der Waals surface area (Å²) in [5, 5.41) is 5.41. The predicted octanol–water partition coefficient (Wildman–Crippen LogP) is 9.59. The van der Waals surface area contributed by atoms with Gasteiger partial charge in [0.1, 0.15) is 11.7 Å². The summed E-state index contributed by atoms with van der Waals surface area (Å²) in [6.07, 6.45) is 18.3. The lowest BCUT2D eigenvalue weighted by molar-refractivity contribution is -0.850. The second-order valence-electron chi connectivity index (χ2n) is 14.3. The molecule has 0 bridgehead atoms. The van der Waals surface area contributed by atoms with Gasteiger partial charge in [0, 0.05) is 35.5 Å². The molecule has 2 aliphatic heterocycles. The van der Waals surface area contributed by atoms with Crippen LogP contribution >= 0.6 is 0 Å². The van der Waals surface area contributed by atoms with E-state index in [0.717, 1.165) is 5.92 Å². The first-order valence-electron chi connectivity index (χ1n) is 16.5. The summed E-state index contributed by atoms with van der Waals surface area (Å²) in [6, 6.07) is 27.3. The van der Waals surface area contributed by atoms with Gasteiger partial charge in [-0.25, -0.2) is 0 Å². The Hall–Kier alpha value is -3.88. The molecular weight excluding hydrogens is 532 g/mol. The summed E-state index contributed by atoms with van der Waals surface area (Å²) in [6.45, 7) is 15.4. The molecule has 4 aromatic carbocycles. The summed E-state index contributed by atoms with van der Waals surface area (Å²) in [7, 11) is 2.19. The van der Waals surface area contributed by atoms with Crippen molar-refractivity contribution in [2.45, 2.75) is 71.3 Å². The van der Waals surface area contributed by atoms with E-state index in [1.807, 2.05) is 0 Å². The molecule has 44 heavy (non-hydrogen) atoms. The molecule has 4 aromatic rings. The fourth-order valence-electron chi connectivity index (χ4n) is 8.05. The zero-order valence-electron chi connectivity index (χ0n) is 27.7. The SMILES string of the molecule is CC(C)CCC[NH+]1c2ccc3ccccc3c2C(C)(C)C1/C=C/C=C/C=C/C=C1/N(C)c2ccc3ccccc3c2C1(C)C. The topological polar surface area (TPSA) is 7.68 Å². The lowest BCUT2D eigenvalue weighted by Gasteiger charge is -2.28. The summed E-state index contributed by atoms with van der Waals surface area (Å²) >= 11 is 0. The Labute approximate surface area is 265 Å². The van der Waals surface area contributed by atoms with Gasteiger partial charge in [-0.2, -0.15) is 0 Å². The van der Waals surface area contributed by atoms with E-state index in [1.165, 1.54) is 69.1 Å². The lowest BCUT2D eigenvalue weighted by atomic mass is 9.78. The molecule has 226 valence electrons. The number of allylic oxidation sites excluding steroid dienone is 7. The van der Waals surface area contributed by atoms with Gasteiger partial charge in [-0.1, -0.05) is 113 Å². The molecule has 0 aromatic heterocycles. The summed E-state index contributed by atoms with van der Waals surface area (Å²) in [5.74, 6) is 0.739. The second-order valence-corrected chi connectivity index (χ2v) is 14.3. The van der Waals surface area contributed by atoms with Crippen molar-refractivity contribution in [2.75, 3.05) is 18.5 Å². The molecule has 0 saturated heterocycles. The molecular formula is C42H49N2+. The van der Waals surface area contributed by atoms with E-state index in [1.54, 1.807) is 4.90 Å². The standard InChI is InChI=1S/C42H48N2/c1-30(2)18-17-29-44-36-28-26-32-20-14-16-22-34(32)40(36)42(5,6)38(44)24-12-10-8-9-11-23-37-41(3,4)39-33-21-15-13-19-31(33)25-27-35(39)43(37)7/h8-16,19-28,30,38H,17-18,29H2,1-7H3/p+1/b10-8+,11-9+,24-12+,37-23+. The number of rotatable bonds is 8. The molecule has 6 rings (SSSR count). The van der Waals surface area contributed by atoms with Crippen molar-refractivity contribution in [2.24, 2.45) is 5.92 Å². The molecule has 1 N–H and O–H groups in total. The van der Waals surface area contributed by atoms with Gasteiger partial charge in [0.2, 0.25) is 0 Å². The number of nitrogens with one attached hydrogen (secondary N) is 1. The Morgan fingerprint density at radius 2 is 1.36 bits per heavy atom. The Kier molecular flexibility index (Phi) is 8.16. The zero-order valence-corrected chi connectivity index (χ0v) is 27.7. The number of likely N-dealkylation sites (N-methyl/N-ethyl adjacent to an activating group) is 1. The third-order valence-corrected chi connectivity index (χ3v) is 10.2. The van der Waals surface area contributed by atoms with Crippen LogP contribution in [0.15, 0.2) is 121 Å². The summed E-state index contributed by atoms with van der Waals surface area (Å²) in [5.41, 5.74) is 7.05. The number of nitrogens with zero attached hydrogens (tertiary/aromatic N) is 1. The third kappa shape index (κ3) is 5.24. The average Bonchev–Trinajstić information content (AvgIpc) is 3.34. The van der Waals surface area contributed by atoms with Gasteiger partial charge < -0.3 is 4.90 Å². The molecule has 0 amide bonds. The lowest BCUT2D eigenvalue weighted by Crippen LogP contribution is -3.10. The van der Waals surface area contributed by atoms with Gasteiger partial charge >= 0.3 is 0 Å². The van der Waals surface area contributed by atoms with E-state index in [2.05, 4.69) is 169 Å². The summed E-state index contributed by atoms with van der Waals surface area (Å²) < 4.78 is 0. The third-order valence-electron chi connectivity index (χ3n) is 10.2. The molecule has 0 saturated carbocycles. The highest BCUT2D eigenvalue weighted by Gasteiger charge is 2.48. The molecule has 0 fully saturated rings. The van der Waals surface area contributed by atoms with Gasteiger partial charge in [-0.15, -0.1) is 0 Å². The van der Waals surface area contributed by atoms with Gasteiger partial charge in [0.25, 0.3) is 0 Å². The first kappa shape index (κ1) is 30.2. The molecule has 2 aliphatic rings. The Bertz CT molecular complexity index is 1800. The number of quaternary nitrogens is 1. The van der Waals surface area contributed by atoms with E-state index in [9.17, 15) is 0 Å². The van der Waals surface area contributed by atoms with Crippen LogP contribution in [-0.2, 0) is 10.8 Å². The summed E-state index contributed by atoms with van der Waals surface area (Å²) in [4.78, 5) is 3.97. The van der Waals surface area contributed by atoms with E-state index >= 15 is 0 Å². The number of hydrogen-bond donors (Lipinski definition) is 1. The van der Waals surface area contributed by atoms with Crippen molar-refractivity contribution in [3.05, 3.63) is 132 Å². The fourth-order valence-corrected chi connectivity index (χ4v) is 8.05. The van der Waals surface area contributed by atoms with Crippen molar-refractivity contribution in [3.8, 4) is 0 Å². The van der Waals surface area contributed by atoms with Gasteiger partial charge in [0.15, 0.2) is 0 Å². The number of hydrogen-bond acceptors (Lipinski definition) is 1. The maximum Gasteiger partial charge on any atom is 0.136 e. The van der Waals surface area contributed by atoms with Crippen LogP contribution in [0.3, 0.4) is 0 Å². The van der Waals surface area contributed by atoms with Crippen molar-refractivity contribution < 1.29 is 4.90 Å². The normalized spacial score (nSPS) is 21.6. The van der Waals surface area contributed by atoms with E-state index < -0.39 is 0 Å². The smallest absolute Gasteiger partial charge is 0.136 e. The molecule has 2 nitrogen and oxygen atoms in total. The molecule has 2 atom stereocenters. The van der Waals surface area contributed by atoms with Crippen molar-refractivity contribution in [1.29, 1.82) is 0 Å². The van der Waals surface area contributed by atoms with Crippen LogP contribution in [-0.4, -0.2) is 19.6 Å². The van der Waals surface area contributed by atoms with Crippen molar-refractivity contribution in [1.82, 2.24) is 0 Å². The highest BCUT2D eigenvalue weighted by atomic mass is 15.2. The minimum Gasteiger partial charge on any atom is -0.347 e. The fraction of sp³-hybridized carbons (Fsp3) is 0.333. The van der Waals surface area contributed by atoms with Crippen molar-refractivity contribution in [3.63, 3.8) is 0 Å². The van der Waals surface area contributed by atoms with Gasteiger partial charge in [-0.05, 0) is 84.0 Å². The van der Waals surface area contributed by atoms with Gasteiger partial charge in [0.05, 0.1) is 12.0 Å². The monoisotopic (exact) mass is 581 g/mol. The first-order valence-corrected chi connectivity index (χ1v) is 16.5. The first-order chi connectivity index (χ1) is 21.1. The molecule has 0 radical (unpaired) electrons. The van der Waals surface area contributed by atoms with Crippen LogP contribution < -0.4 is 9.80 Å². The molecule has 0 aliphatic carbocycles. The van der Waals surface area contributed by atoms with E-state index in [0.29, 0.717) is 6.04 Å². The highest BCUT2D eigenvalue weighted by Crippen LogP contribution is 2.50. The van der Waals surface area contributed by atoms with Crippen LogP contribution in [0.1, 0.15) is 65.5 Å². The van der Waals surface area contributed by atoms with Crippen LogP contribution in [0.25, 0.3) is 21.5 Å². The van der Waals surface area contributed by atoms with E-state index in [-0.39, 0.29) is 10.8 Å². The van der Waals surface area contributed by atoms with Crippen LogP contribution in [0, 0.1) is 5.92 Å². The van der Waals surface area contributed by atoms with E-state index in [4.69, 9.17) is 0 Å². The zero-order chi connectivity index (χ0) is 31.1. The Morgan fingerprint density at radius 3 is 2.07 bits per heavy atom. The van der Waals surface area contributed by atoms with Crippen LogP contribution in [0.5, 0.6) is 0 Å². The number of anilines is 1. The number of fused-ring (bicyclic) bond motifs is 6. The maximum absolute atomic E-state index is 2.46. The minimum atomic E-state index is -0.0616. The minimum absolute atomic E-state index is 0.0474. The molecule has 2 heterocycles. The quantitative estimate of drug-likeness (QED) is 0.204. The second kappa shape index (κ2) is 11.9. The maximum atomic E-state index is 2.46. The predicted molar refractivity (Wildman–Crippen MR) is 191 cm³/mol. The average molecular weight is 582 g/mol.